The number of hydrogen-bond donors (Lipinski definition) is 1. The molecule has 134 valence electrons. The predicted octanol–water partition coefficient (Wildman–Crippen LogP) is 3.38. The molecule has 2 saturated heterocycles. The van der Waals surface area contributed by atoms with E-state index in [-0.39, 0.29) is 5.91 Å². The fraction of sp³-hybridized carbons (Fsp3) is 0.579. The van der Waals surface area contributed by atoms with Gasteiger partial charge in [0.2, 0.25) is 5.91 Å². The number of cyclic esters (lactones) is 1. The Morgan fingerprint density at radius 3 is 2.29 bits per heavy atom. The molecule has 1 N–H and O–H groups in total. The summed E-state index contributed by atoms with van der Waals surface area (Å²) in [4.78, 5) is 24.1. The zero-order valence-corrected chi connectivity index (χ0v) is 15.1. The van der Waals surface area contributed by atoms with Gasteiger partial charge < -0.3 is 10.1 Å². The topological polar surface area (TPSA) is 58.6 Å². The number of piperidine rings is 1. The van der Waals surface area contributed by atoms with Crippen LogP contribution in [0.4, 0.5) is 4.79 Å². The van der Waals surface area contributed by atoms with E-state index in [1.54, 1.807) is 0 Å². The van der Waals surface area contributed by atoms with Crippen molar-refractivity contribution in [2.24, 2.45) is 5.92 Å². The number of carbonyl (C=O) groups is 2. The van der Waals surface area contributed by atoms with Gasteiger partial charge in [0.05, 0.1) is 6.54 Å². The third-order valence-electron chi connectivity index (χ3n) is 3.92. The first-order valence-corrected chi connectivity index (χ1v) is 8.86. The SMILES string of the molecule is CC.Cc1ccccc1.O=C(CC1CCNCC1)N1CCOC1=O. The van der Waals surface area contributed by atoms with Crippen LogP contribution in [0.15, 0.2) is 30.3 Å². The highest BCUT2D eigenvalue weighted by Gasteiger charge is 2.30. The molecule has 2 aliphatic rings. The molecule has 0 aromatic heterocycles. The van der Waals surface area contributed by atoms with Crippen molar-refractivity contribution in [1.82, 2.24) is 10.2 Å². The van der Waals surface area contributed by atoms with Crippen LogP contribution in [0.25, 0.3) is 0 Å². The van der Waals surface area contributed by atoms with Crippen LogP contribution in [0.1, 0.15) is 38.7 Å². The Morgan fingerprint density at radius 2 is 1.83 bits per heavy atom. The zero-order valence-electron chi connectivity index (χ0n) is 15.1. The fourth-order valence-corrected chi connectivity index (χ4v) is 2.60. The molecular weight excluding hydrogens is 304 g/mol. The van der Waals surface area contributed by atoms with Gasteiger partial charge in [-0.15, -0.1) is 0 Å². The number of benzene rings is 1. The van der Waals surface area contributed by atoms with Gasteiger partial charge in [0.15, 0.2) is 0 Å². The maximum atomic E-state index is 11.7. The van der Waals surface area contributed by atoms with Gasteiger partial charge in [0.1, 0.15) is 6.61 Å². The number of rotatable bonds is 2. The molecule has 0 aliphatic carbocycles. The number of carbonyl (C=O) groups excluding carboxylic acids is 2. The molecule has 0 unspecified atom stereocenters. The van der Waals surface area contributed by atoms with Gasteiger partial charge in [0, 0.05) is 6.42 Å². The van der Waals surface area contributed by atoms with E-state index in [1.807, 2.05) is 32.0 Å². The molecule has 1 aromatic rings. The van der Waals surface area contributed by atoms with Crippen LogP contribution in [0.3, 0.4) is 0 Å². The minimum atomic E-state index is -0.478. The lowest BCUT2D eigenvalue weighted by Crippen LogP contribution is -2.35. The fourth-order valence-electron chi connectivity index (χ4n) is 2.60. The van der Waals surface area contributed by atoms with Crippen LogP contribution in [0, 0.1) is 12.8 Å². The molecule has 0 atom stereocenters. The first-order valence-electron chi connectivity index (χ1n) is 8.86. The van der Waals surface area contributed by atoms with E-state index in [0.29, 0.717) is 25.5 Å². The smallest absolute Gasteiger partial charge is 0.416 e. The van der Waals surface area contributed by atoms with Crippen LogP contribution in [0.5, 0.6) is 0 Å². The van der Waals surface area contributed by atoms with E-state index in [0.717, 1.165) is 25.9 Å². The summed E-state index contributed by atoms with van der Waals surface area (Å²) in [5.41, 5.74) is 1.32. The highest BCUT2D eigenvalue weighted by Crippen LogP contribution is 2.18. The number of imide groups is 1. The Labute approximate surface area is 145 Å². The molecule has 2 amide bonds. The zero-order chi connectivity index (χ0) is 17.8. The third kappa shape index (κ3) is 7.13. The normalized spacial score (nSPS) is 17.1. The lowest BCUT2D eigenvalue weighted by Gasteiger charge is -2.23. The van der Waals surface area contributed by atoms with Gasteiger partial charge in [-0.3, -0.25) is 4.79 Å². The van der Waals surface area contributed by atoms with Gasteiger partial charge in [-0.05, 0) is 38.8 Å². The van der Waals surface area contributed by atoms with Crippen LogP contribution >= 0.6 is 0 Å². The summed E-state index contributed by atoms with van der Waals surface area (Å²) in [7, 11) is 0. The maximum absolute atomic E-state index is 11.7. The van der Waals surface area contributed by atoms with E-state index in [2.05, 4.69) is 24.4 Å². The average Bonchev–Trinajstić information content (AvgIpc) is 3.05. The van der Waals surface area contributed by atoms with E-state index in [1.165, 1.54) is 10.5 Å². The minimum absolute atomic E-state index is 0.0793. The van der Waals surface area contributed by atoms with Crippen molar-refractivity contribution in [3.8, 4) is 0 Å². The number of hydrogen-bond acceptors (Lipinski definition) is 4. The van der Waals surface area contributed by atoms with Crippen molar-refractivity contribution in [3.63, 3.8) is 0 Å². The molecule has 1 aromatic carbocycles. The first-order chi connectivity index (χ1) is 11.7. The minimum Gasteiger partial charge on any atom is -0.447 e. The predicted molar refractivity (Wildman–Crippen MR) is 95.8 cm³/mol. The third-order valence-corrected chi connectivity index (χ3v) is 3.92. The van der Waals surface area contributed by atoms with Crippen molar-refractivity contribution in [1.29, 1.82) is 0 Å². The molecule has 0 bridgehead atoms. The van der Waals surface area contributed by atoms with Crippen molar-refractivity contribution in [3.05, 3.63) is 35.9 Å². The standard InChI is InChI=1S/C10H16N2O3.C7H8.C2H6/c13-9(12-5-6-15-10(12)14)7-8-1-3-11-4-2-8;1-7-5-3-2-4-6-7;1-2/h8,11H,1-7H2;2-6H,1H3;1-2H3. The molecule has 2 aliphatic heterocycles. The molecule has 0 radical (unpaired) electrons. The Bertz CT molecular complexity index is 485. The summed E-state index contributed by atoms with van der Waals surface area (Å²) in [5.74, 6) is 0.344. The maximum Gasteiger partial charge on any atom is 0.416 e. The molecule has 24 heavy (non-hydrogen) atoms. The van der Waals surface area contributed by atoms with Crippen LogP contribution < -0.4 is 5.32 Å². The number of ether oxygens (including phenoxy) is 1. The van der Waals surface area contributed by atoms with Crippen LogP contribution in [0.2, 0.25) is 0 Å². The summed E-state index contributed by atoms with van der Waals surface area (Å²) >= 11 is 0. The Hall–Kier alpha value is -1.88. The molecule has 5 heteroatoms. The van der Waals surface area contributed by atoms with Gasteiger partial charge >= 0.3 is 6.09 Å². The molecule has 2 fully saturated rings. The summed E-state index contributed by atoms with van der Waals surface area (Å²) in [6.07, 6.45) is 2.05. The second kappa shape index (κ2) is 11.6. The van der Waals surface area contributed by atoms with E-state index >= 15 is 0 Å². The van der Waals surface area contributed by atoms with E-state index in [9.17, 15) is 9.59 Å². The van der Waals surface area contributed by atoms with Gasteiger partial charge in [-0.2, -0.15) is 0 Å². The van der Waals surface area contributed by atoms with Crippen LogP contribution in [-0.2, 0) is 9.53 Å². The monoisotopic (exact) mass is 334 g/mol. The largest absolute Gasteiger partial charge is 0.447 e. The number of nitrogens with zero attached hydrogens (tertiary/aromatic N) is 1. The van der Waals surface area contributed by atoms with E-state index in [4.69, 9.17) is 4.74 Å². The Morgan fingerprint density at radius 1 is 1.21 bits per heavy atom. The summed E-state index contributed by atoms with van der Waals surface area (Å²) < 4.78 is 4.73. The van der Waals surface area contributed by atoms with Gasteiger partial charge in [-0.25, -0.2) is 9.69 Å². The highest BCUT2D eigenvalue weighted by atomic mass is 16.6. The van der Waals surface area contributed by atoms with Crippen molar-refractivity contribution >= 4 is 12.0 Å². The summed E-state index contributed by atoms with van der Waals surface area (Å²) in [6, 6.07) is 10.3. The second-order valence-corrected chi connectivity index (χ2v) is 5.71. The van der Waals surface area contributed by atoms with Gasteiger partial charge in [0.25, 0.3) is 0 Å². The Balaban J connectivity index is 0.000000268. The Kier molecular flexibility index (Phi) is 9.77. The molecule has 3 rings (SSSR count). The highest BCUT2D eigenvalue weighted by molar-refractivity contribution is 5.93. The van der Waals surface area contributed by atoms with Crippen molar-refractivity contribution in [2.75, 3.05) is 26.2 Å². The molecular formula is C19H30N2O3. The molecule has 5 nitrogen and oxygen atoms in total. The average molecular weight is 334 g/mol. The number of amides is 2. The molecule has 0 spiro atoms. The number of nitrogens with one attached hydrogen (secondary N) is 1. The molecule has 0 saturated carbocycles. The van der Waals surface area contributed by atoms with Gasteiger partial charge in [-0.1, -0.05) is 49.7 Å². The number of aryl methyl sites for hydroxylation is 1. The second-order valence-electron chi connectivity index (χ2n) is 5.71. The van der Waals surface area contributed by atoms with E-state index < -0.39 is 6.09 Å². The lowest BCUT2D eigenvalue weighted by atomic mass is 9.94. The molecule has 2 heterocycles. The van der Waals surface area contributed by atoms with Crippen molar-refractivity contribution in [2.45, 2.75) is 40.0 Å². The first kappa shape index (κ1) is 20.2. The summed E-state index contributed by atoms with van der Waals surface area (Å²) in [6.45, 7) is 8.80. The van der Waals surface area contributed by atoms with Crippen molar-refractivity contribution < 1.29 is 14.3 Å². The quantitative estimate of drug-likeness (QED) is 0.901. The summed E-state index contributed by atoms with van der Waals surface area (Å²) in [5, 5.41) is 3.25. The van der Waals surface area contributed by atoms with Crippen LogP contribution in [-0.4, -0.2) is 43.1 Å². The lowest BCUT2D eigenvalue weighted by molar-refractivity contribution is -0.128.